The summed E-state index contributed by atoms with van der Waals surface area (Å²) in [5.41, 5.74) is 0. The molecule has 0 aliphatic heterocycles. The predicted molar refractivity (Wildman–Crippen MR) is 29.1 cm³/mol. The zero-order valence-corrected chi connectivity index (χ0v) is 4.71. The molecule has 8 heavy (non-hydrogen) atoms. The van der Waals surface area contributed by atoms with Gasteiger partial charge in [0.05, 0.1) is 0 Å². The van der Waals surface area contributed by atoms with Crippen LogP contribution in [-0.2, 0) is 4.57 Å². The van der Waals surface area contributed by atoms with E-state index in [-0.39, 0.29) is 118 Å². The standard InChI is InChI=1S/Al.Ba.K.H3O4P.3H/c;;;1-5(2,3)4;;;/h;;;(H3,1,2,3,4);;;/q+3;;;;;;/p-3. The van der Waals surface area contributed by atoms with Crippen molar-refractivity contribution < 1.29 is 19.2 Å². The summed E-state index contributed by atoms with van der Waals surface area (Å²) in [6.45, 7) is 0. The van der Waals surface area contributed by atoms with Crippen molar-refractivity contribution in [1.82, 2.24) is 0 Å². The van der Waals surface area contributed by atoms with E-state index in [0.717, 1.165) is 0 Å². The molecule has 0 rings (SSSR count). The van der Waals surface area contributed by atoms with Crippen molar-refractivity contribution in [1.29, 1.82) is 0 Å². The molecule has 0 radical (unpaired) electrons. The Labute approximate surface area is 141 Å². The van der Waals surface area contributed by atoms with Crippen molar-refractivity contribution in [2.75, 3.05) is 0 Å². The third-order valence-corrected chi connectivity index (χ3v) is 0. The molecule has 0 heterocycles. The fourth-order valence-electron chi connectivity index (χ4n) is 0. The first-order valence-corrected chi connectivity index (χ1v) is 2.19. The topological polar surface area (TPSA) is 86.2 Å². The first kappa shape index (κ1) is 22.6. The SMILES string of the molecule is O=P([O-])([O-])[O-].[Al+3].[BaH2].[KH]. The Morgan fingerprint density at radius 1 is 1.12 bits per heavy atom. The summed E-state index contributed by atoms with van der Waals surface area (Å²) in [7, 11) is -5.39. The second-order valence-electron chi connectivity index (χ2n) is 0.447. The van der Waals surface area contributed by atoms with Crippen LogP contribution in [0.1, 0.15) is 0 Å². The molecule has 0 fully saturated rings. The van der Waals surface area contributed by atoms with Crippen LogP contribution in [0.2, 0.25) is 0 Å². The molecule has 8 heteroatoms. The summed E-state index contributed by atoms with van der Waals surface area (Å²) in [6.07, 6.45) is 0. The van der Waals surface area contributed by atoms with Gasteiger partial charge in [-0.25, -0.2) is 0 Å². The van der Waals surface area contributed by atoms with E-state index in [0.29, 0.717) is 0 Å². The van der Waals surface area contributed by atoms with Crippen LogP contribution in [0.25, 0.3) is 0 Å². The summed E-state index contributed by atoms with van der Waals surface area (Å²) < 4.78 is 8.55. The Kier molecular flexibility index (Phi) is 30.7. The van der Waals surface area contributed by atoms with E-state index < -0.39 is 7.82 Å². The first-order valence-electron chi connectivity index (χ1n) is 0.730. The molecule has 0 amide bonds. The van der Waals surface area contributed by atoms with Gasteiger partial charge in [0.15, 0.2) is 0 Å². The van der Waals surface area contributed by atoms with Crippen LogP contribution >= 0.6 is 7.82 Å². The molecule has 0 aliphatic carbocycles. The molecule has 0 N–H and O–H groups in total. The van der Waals surface area contributed by atoms with E-state index in [1.807, 2.05) is 0 Å². The van der Waals surface area contributed by atoms with Crippen molar-refractivity contribution in [2.45, 2.75) is 0 Å². The Hall–Kier alpha value is 3.85. The van der Waals surface area contributed by atoms with Gasteiger partial charge in [0, 0.05) is 0 Å². The van der Waals surface area contributed by atoms with Crippen LogP contribution in [0.4, 0.5) is 0 Å². The number of phosphoric acid groups is 1. The van der Waals surface area contributed by atoms with E-state index in [9.17, 15) is 0 Å². The van der Waals surface area contributed by atoms with Gasteiger partial charge in [0.2, 0.25) is 0 Å². The minimum absolute atomic E-state index is 0. The first-order chi connectivity index (χ1) is 2.00. The molecule has 0 unspecified atom stereocenters. The van der Waals surface area contributed by atoms with Crippen LogP contribution in [0.15, 0.2) is 0 Å². The van der Waals surface area contributed by atoms with Crippen molar-refractivity contribution >= 4 is 125 Å². The van der Waals surface area contributed by atoms with E-state index in [1.165, 1.54) is 0 Å². The van der Waals surface area contributed by atoms with Gasteiger partial charge in [0.25, 0.3) is 0 Å². The third-order valence-electron chi connectivity index (χ3n) is 0. The second kappa shape index (κ2) is 10.9. The minimum atomic E-state index is -5.39. The number of hydrogen-bond donors (Lipinski definition) is 0. The maximum atomic E-state index is 8.55. The van der Waals surface area contributed by atoms with Gasteiger partial charge >= 0.3 is 118 Å². The average Bonchev–Trinajstić information content (AvgIpc) is 0.722. The number of rotatable bonds is 0. The van der Waals surface area contributed by atoms with Gasteiger partial charge < -0.3 is 19.2 Å². The third kappa shape index (κ3) is 52.0. The van der Waals surface area contributed by atoms with Crippen LogP contribution in [0.3, 0.4) is 0 Å². The van der Waals surface area contributed by atoms with E-state index >= 15 is 0 Å². The Morgan fingerprint density at radius 2 is 1.12 bits per heavy atom. The van der Waals surface area contributed by atoms with Crippen molar-refractivity contribution in [3.05, 3.63) is 0 Å². The van der Waals surface area contributed by atoms with Crippen molar-refractivity contribution in [3.8, 4) is 0 Å². The van der Waals surface area contributed by atoms with Crippen LogP contribution in [-0.4, -0.2) is 118 Å². The zero-order valence-electron chi connectivity index (χ0n) is 2.66. The van der Waals surface area contributed by atoms with E-state index in [4.69, 9.17) is 19.2 Å². The van der Waals surface area contributed by atoms with Gasteiger partial charge in [-0.05, 0) is 0 Å². The summed E-state index contributed by atoms with van der Waals surface area (Å²) in [5, 5.41) is 0. The molecule has 38 valence electrons. The molecular formula is H3AlBaKO4P. The second-order valence-corrected chi connectivity index (χ2v) is 1.34. The molecule has 0 saturated carbocycles. The summed E-state index contributed by atoms with van der Waals surface area (Å²) >= 11 is 0. The van der Waals surface area contributed by atoms with E-state index in [1.54, 1.807) is 0 Å². The molecule has 0 saturated heterocycles. The molecule has 0 aromatic carbocycles. The molecule has 0 aromatic heterocycles. The molecule has 4 nitrogen and oxygen atoms in total. The zero-order chi connectivity index (χ0) is 4.50. The Morgan fingerprint density at radius 3 is 1.12 bits per heavy atom. The normalized spacial score (nSPS) is 7.38. The van der Waals surface area contributed by atoms with E-state index in [2.05, 4.69) is 0 Å². The monoisotopic (exact) mass is 302 g/mol. The molecule has 0 atom stereocenters. The predicted octanol–water partition coefficient (Wildman–Crippen LogP) is -4.77. The van der Waals surface area contributed by atoms with Gasteiger partial charge in [-0.15, -0.1) is 0 Å². The number of hydrogen-bond acceptors (Lipinski definition) is 4. The quantitative estimate of drug-likeness (QED) is 0.332. The molecule has 0 bridgehead atoms. The van der Waals surface area contributed by atoms with Crippen molar-refractivity contribution in [3.63, 3.8) is 0 Å². The molecule has 0 aliphatic rings. The van der Waals surface area contributed by atoms with Crippen LogP contribution in [0.5, 0.6) is 0 Å². The summed E-state index contributed by atoms with van der Waals surface area (Å²) in [6, 6.07) is 0. The van der Waals surface area contributed by atoms with Gasteiger partial charge in [-0.2, -0.15) is 7.82 Å². The molecule has 0 aromatic rings. The Bertz CT molecular complexity index is 62.2. The van der Waals surface area contributed by atoms with Crippen LogP contribution < -0.4 is 14.7 Å². The molecule has 0 spiro atoms. The average molecular weight is 301 g/mol. The fraction of sp³-hybridized carbons (Fsp3) is 0. The molecular weight excluding hydrogens is 298 g/mol. The summed E-state index contributed by atoms with van der Waals surface area (Å²) in [4.78, 5) is 25.6. The van der Waals surface area contributed by atoms with Gasteiger partial charge in [0.1, 0.15) is 0 Å². The summed E-state index contributed by atoms with van der Waals surface area (Å²) in [5.74, 6) is 0. The fourth-order valence-corrected chi connectivity index (χ4v) is 0. The van der Waals surface area contributed by atoms with Crippen molar-refractivity contribution in [2.24, 2.45) is 0 Å². The van der Waals surface area contributed by atoms with Crippen LogP contribution in [0, 0.1) is 0 Å². The van der Waals surface area contributed by atoms with Gasteiger partial charge in [-0.1, -0.05) is 0 Å². The van der Waals surface area contributed by atoms with Gasteiger partial charge in [-0.3, -0.25) is 0 Å². The maximum absolute atomic E-state index is 8.55. The Balaban J connectivity index is -0.0000000267.